The third kappa shape index (κ3) is 3.70. The van der Waals surface area contributed by atoms with Crippen molar-refractivity contribution in [2.24, 2.45) is 21.7 Å². The molecule has 1 N–H and O–H groups in total. The molecule has 6 fully saturated rings. The fourth-order valence-corrected chi connectivity index (χ4v) is 9.95. The van der Waals surface area contributed by atoms with Gasteiger partial charge in [0, 0.05) is 23.9 Å². The van der Waals surface area contributed by atoms with Crippen LogP contribution in [0.5, 0.6) is 0 Å². The first-order valence-corrected chi connectivity index (χ1v) is 15.5. The quantitative estimate of drug-likeness (QED) is 0.424. The molecule has 0 aromatic heterocycles. The van der Waals surface area contributed by atoms with Gasteiger partial charge < -0.3 is 5.32 Å². The van der Waals surface area contributed by atoms with E-state index in [1.807, 2.05) is 13.0 Å². The molecule has 8 rings (SSSR count). The zero-order valence-corrected chi connectivity index (χ0v) is 23.6. The van der Waals surface area contributed by atoms with Crippen molar-refractivity contribution in [3.8, 4) is 0 Å². The number of nitrogens with zero attached hydrogens (tertiary/aromatic N) is 2. The molecule has 0 saturated heterocycles. The first-order chi connectivity index (χ1) is 16.8. The van der Waals surface area contributed by atoms with Crippen LogP contribution in [-0.4, -0.2) is 47.2 Å². The predicted octanol–water partition coefficient (Wildman–Crippen LogP) is 5.37. The van der Waals surface area contributed by atoms with E-state index in [0.717, 1.165) is 36.6 Å². The standard InChI is InChI=1S/C27H35Cl2N3O3S/c1-4-7-36(34,35)32(13-17-5-6-19(28)20(29)8-17)27-14-26(15-27,16-27)23-30-22(24(2,3)31-23)21(33)12-25-9-18(10-25)11-25/h5-6,8,18,22H,4,7,9-16H2,1-3H3,(H,30,31)/t18?,22-,25?,26?,27?/m0/s1. The largest absolute Gasteiger partial charge is 0.366 e. The second-order valence-corrected chi connectivity index (χ2v) is 15.8. The summed E-state index contributed by atoms with van der Waals surface area (Å²) < 4.78 is 28.4. The number of halogens is 2. The van der Waals surface area contributed by atoms with Gasteiger partial charge in [0.25, 0.3) is 0 Å². The van der Waals surface area contributed by atoms with Crippen molar-refractivity contribution < 1.29 is 13.2 Å². The molecule has 9 heteroatoms. The summed E-state index contributed by atoms with van der Waals surface area (Å²) in [7, 11) is -3.44. The highest BCUT2D eigenvalue weighted by Crippen LogP contribution is 2.71. The molecule has 1 heterocycles. The maximum absolute atomic E-state index is 13.4. The summed E-state index contributed by atoms with van der Waals surface area (Å²) in [4.78, 5) is 18.2. The summed E-state index contributed by atoms with van der Waals surface area (Å²) in [6.07, 6.45) is 7.06. The van der Waals surface area contributed by atoms with E-state index in [2.05, 4.69) is 19.2 Å². The fraction of sp³-hybridized carbons (Fsp3) is 0.704. The number of hydrogen-bond donors (Lipinski definition) is 1. The van der Waals surface area contributed by atoms with Crippen LogP contribution >= 0.6 is 23.2 Å². The van der Waals surface area contributed by atoms with Crippen molar-refractivity contribution in [2.45, 2.75) is 95.8 Å². The molecule has 6 aliphatic carbocycles. The normalized spacial score (nSPS) is 37.2. The SMILES string of the molecule is CCCS(=O)(=O)N(Cc1ccc(Cl)c(Cl)c1)C12CC(C3=N[C@@H](C(=O)CC45CC(C4)C5)C(C)(C)N3)(C1)C2. The molecule has 4 bridgehead atoms. The molecule has 0 amide bonds. The van der Waals surface area contributed by atoms with Crippen LogP contribution in [0.25, 0.3) is 0 Å². The van der Waals surface area contributed by atoms with Crippen molar-refractivity contribution in [2.75, 3.05) is 5.75 Å². The molecule has 1 aromatic rings. The monoisotopic (exact) mass is 551 g/mol. The summed E-state index contributed by atoms with van der Waals surface area (Å²) >= 11 is 12.3. The molecular weight excluding hydrogens is 517 g/mol. The van der Waals surface area contributed by atoms with Gasteiger partial charge in [0.2, 0.25) is 10.0 Å². The number of benzene rings is 1. The number of amidine groups is 1. The van der Waals surface area contributed by atoms with E-state index in [9.17, 15) is 13.2 Å². The predicted molar refractivity (Wildman–Crippen MR) is 143 cm³/mol. The molecule has 7 aliphatic rings. The van der Waals surface area contributed by atoms with Gasteiger partial charge in [0.05, 0.1) is 21.3 Å². The van der Waals surface area contributed by atoms with Gasteiger partial charge in [0.15, 0.2) is 5.78 Å². The number of sulfonamides is 1. The summed E-state index contributed by atoms with van der Waals surface area (Å²) in [5.41, 5.74) is 0.143. The zero-order valence-electron chi connectivity index (χ0n) is 21.2. The third-order valence-corrected chi connectivity index (χ3v) is 12.4. The van der Waals surface area contributed by atoms with E-state index in [0.29, 0.717) is 22.9 Å². The van der Waals surface area contributed by atoms with E-state index in [4.69, 9.17) is 28.2 Å². The van der Waals surface area contributed by atoms with Crippen LogP contribution in [0, 0.1) is 16.7 Å². The van der Waals surface area contributed by atoms with Crippen molar-refractivity contribution in [3.63, 3.8) is 0 Å². The van der Waals surface area contributed by atoms with Crippen molar-refractivity contribution in [1.82, 2.24) is 9.62 Å². The first kappa shape index (κ1) is 25.1. The first-order valence-electron chi connectivity index (χ1n) is 13.1. The topological polar surface area (TPSA) is 78.8 Å². The van der Waals surface area contributed by atoms with E-state index in [-0.39, 0.29) is 35.0 Å². The van der Waals surface area contributed by atoms with Gasteiger partial charge >= 0.3 is 0 Å². The number of carbonyl (C=O) groups excluding carboxylic acids is 1. The molecule has 1 atom stereocenters. The number of aliphatic imine (C=N–C) groups is 1. The maximum atomic E-state index is 13.4. The molecule has 1 aliphatic heterocycles. The van der Waals surface area contributed by atoms with Gasteiger partial charge in [-0.1, -0.05) is 36.2 Å². The molecule has 0 unspecified atom stereocenters. The highest BCUT2D eigenvalue weighted by Gasteiger charge is 2.75. The summed E-state index contributed by atoms with van der Waals surface area (Å²) in [5, 5.41) is 4.47. The van der Waals surface area contributed by atoms with Gasteiger partial charge in [-0.3, -0.25) is 9.79 Å². The zero-order chi connectivity index (χ0) is 25.7. The number of hydrogen-bond acceptors (Lipinski definition) is 5. The van der Waals surface area contributed by atoms with Crippen LogP contribution in [-0.2, 0) is 21.4 Å². The van der Waals surface area contributed by atoms with Crippen LogP contribution in [0.4, 0.5) is 0 Å². The third-order valence-electron chi connectivity index (χ3n) is 9.54. The summed E-state index contributed by atoms with van der Waals surface area (Å²) in [5.74, 6) is 2.15. The van der Waals surface area contributed by atoms with E-state index in [1.54, 1.807) is 16.4 Å². The highest BCUT2D eigenvalue weighted by atomic mass is 35.5. The minimum absolute atomic E-state index is 0.120. The lowest BCUT2D eigenvalue weighted by Gasteiger charge is -2.73. The number of nitrogens with one attached hydrogen (secondary N) is 1. The van der Waals surface area contributed by atoms with Gasteiger partial charge in [-0.15, -0.1) is 0 Å². The van der Waals surface area contributed by atoms with Crippen molar-refractivity contribution in [1.29, 1.82) is 0 Å². The average molecular weight is 553 g/mol. The second-order valence-electron chi connectivity index (χ2n) is 13.0. The smallest absolute Gasteiger partial charge is 0.214 e. The highest BCUT2D eigenvalue weighted by molar-refractivity contribution is 7.89. The lowest BCUT2D eigenvalue weighted by molar-refractivity contribution is -0.151. The molecule has 6 nitrogen and oxygen atoms in total. The van der Waals surface area contributed by atoms with E-state index in [1.165, 1.54) is 19.3 Å². The molecule has 36 heavy (non-hydrogen) atoms. The van der Waals surface area contributed by atoms with Crippen molar-refractivity contribution >= 4 is 44.8 Å². The molecule has 0 spiro atoms. The van der Waals surface area contributed by atoms with E-state index < -0.39 is 21.1 Å². The molecule has 1 aromatic carbocycles. The molecule has 6 saturated carbocycles. The minimum Gasteiger partial charge on any atom is -0.366 e. The Balaban J connectivity index is 1.20. The van der Waals surface area contributed by atoms with Gasteiger partial charge in [-0.2, -0.15) is 4.31 Å². The lowest BCUT2D eigenvalue weighted by atomic mass is 9.38. The number of rotatable bonds is 10. The van der Waals surface area contributed by atoms with Gasteiger partial charge in [-0.25, -0.2) is 8.42 Å². The Kier molecular flexibility index (Phi) is 5.54. The Bertz CT molecular complexity index is 1240. The Morgan fingerprint density at radius 1 is 1.14 bits per heavy atom. The van der Waals surface area contributed by atoms with Crippen LogP contribution in [0.2, 0.25) is 10.0 Å². The van der Waals surface area contributed by atoms with Gasteiger partial charge in [0.1, 0.15) is 11.9 Å². The van der Waals surface area contributed by atoms with Gasteiger partial charge in [-0.05, 0) is 87.8 Å². The summed E-state index contributed by atoms with van der Waals surface area (Å²) in [6.45, 7) is 6.31. The number of Topliss-reactive ketones (excluding diaryl/α,β-unsaturated/α-hetero) is 1. The lowest BCUT2D eigenvalue weighted by Crippen LogP contribution is -2.78. The van der Waals surface area contributed by atoms with Crippen LogP contribution < -0.4 is 5.32 Å². The Morgan fingerprint density at radius 3 is 2.36 bits per heavy atom. The fourth-order valence-electron chi connectivity index (χ4n) is 7.76. The van der Waals surface area contributed by atoms with Crippen LogP contribution in [0.3, 0.4) is 0 Å². The van der Waals surface area contributed by atoms with E-state index >= 15 is 0 Å². The second kappa shape index (κ2) is 7.93. The molecular formula is C27H35Cl2N3O3S. The van der Waals surface area contributed by atoms with Crippen molar-refractivity contribution in [3.05, 3.63) is 33.8 Å². The van der Waals surface area contributed by atoms with Crippen LogP contribution in [0.1, 0.15) is 77.7 Å². The maximum Gasteiger partial charge on any atom is 0.214 e. The van der Waals surface area contributed by atoms with Crippen LogP contribution in [0.15, 0.2) is 23.2 Å². The minimum atomic E-state index is -3.44. The Labute approximate surface area is 224 Å². The average Bonchev–Trinajstić information content (AvgIpc) is 2.98. The Hall–Kier alpha value is -1.15. The number of carbonyl (C=O) groups is 1. The molecule has 0 radical (unpaired) electrons. The number of ketones is 1. The summed E-state index contributed by atoms with van der Waals surface area (Å²) in [6, 6.07) is 4.96. The Morgan fingerprint density at radius 2 is 1.81 bits per heavy atom. The molecule has 196 valence electrons.